The number of ether oxygens (including phenoxy) is 1. The number of hydrogen-bond acceptors (Lipinski definition) is 6. The van der Waals surface area contributed by atoms with Crippen molar-refractivity contribution in [3.63, 3.8) is 0 Å². The van der Waals surface area contributed by atoms with Gasteiger partial charge < -0.3 is 11.5 Å². The first-order chi connectivity index (χ1) is 15.9. The van der Waals surface area contributed by atoms with Crippen molar-refractivity contribution in [2.45, 2.75) is 43.2 Å². The van der Waals surface area contributed by atoms with E-state index in [1.165, 1.54) is 25.4 Å². The molecule has 2 aliphatic rings. The molecule has 34 heavy (non-hydrogen) atoms. The minimum absolute atomic E-state index is 0. The summed E-state index contributed by atoms with van der Waals surface area (Å²) in [6.07, 6.45) is 6.86. The third-order valence-corrected chi connectivity index (χ3v) is 7.07. The molecule has 3 aromatic rings. The number of benzene rings is 1. The number of methoxy groups -OCH3 is 1. The van der Waals surface area contributed by atoms with E-state index in [0.717, 1.165) is 19.3 Å². The largest absolute Gasteiger partial charge is 1.00 e. The fourth-order valence-corrected chi connectivity index (χ4v) is 4.95. The summed E-state index contributed by atoms with van der Waals surface area (Å²) in [6.45, 7) is 0. The number of nitrogens with one attached hydrogen (secondary N) is 2. The van der Waals surface area contributed by atoms with E-state index in [1.54, 1.807) is 23.0 Å². The average molecular weight is 496 g/mol. The van der Waals surface area contributed by atoms with Crippen LogP contribution in [0.4, 0.5) is 14.9 Å². The van der Waals surface area contributed by atoms with Gasteiger partial charge in [-0.25, -0.2) is 18.9 Å². The van der Waals surface area contributed by atoms with Crippen LogP contribution in [0.1, 0.15) is 37.9 Å². The van der Waals surface area contributed by atoms with E-state index in [4.69, 9.17) is 4.74 Å². The monoisotopic (exact) mass is 495 g/mol. The van der Waals surface area contributed by atoms with Gasteiger partial charge in [0.1, 0.15) is 5.82 Å². The van der Waals surface area contributed by atoms with E-state index >= 15 is 0 Å². The van der Waals surface area contributed by atoms with Crippen molar-refractivity contribution in [3.05, 3.63) is 53.6 Å². The minimum Gasteiger partial charge on any atom is -1.00 e. The first kappa shape index (κ1) is 24.6. The fraction of sp³-hybridized carbons (Fsp3) is 0.318. The SMILES string of the molecule is COc1cc(-c2cc(F)c3c(c2NC(=O)NS(=O)(=O)c2ccn(C4CC4)n2)CCC3)ccn1.[H-].[Na+]. The van der Waals surface area contributed by atoms with Gasteiger partial charge in [0.25, 0.3) is 10.0 Å². The molecule has 0 atom stereocenters. The molecule has 5 rings (SSSR count). The average Bonchev–Trinajstić information content (AvgIpc) is 3.30. The molecule has 0 aliphatic heterocycles. The van der Waals surface area contributed by atoms with Crippen LogP contribution < -0.4 is 44.3 Å². The number of urea groups is 1. The molecule has 2 heterocycles. The number of carbonyl (C=O) groups excluding carboxylic acids is 1. The third-order valence-electron chi connectivity index (χ3n) is 5.85. The molecule has 2 amide bonds. The van der Waals surface area contributed by atoms with Crippen LogP contribution in [0.25, 0.3) is 11.1 Å². The summed E-state index contributed by atoms with van der Waals surface area (Å²) in [6, 6.07) is 5.27. The molecule has 0 radical (unpaired) electrons. The molecule has 0 unspecified atom stereocenters. The van der Waals surface area contributed by atoms with Gasteiger partial charge >= 0.3 is 35.6 Å². The molecular weight excluding hydrogens is 472 g/mol. The van der Waals surface area contributed by atoms with Crippen LogP contribution in [0.3, 0.4) is 0 Å². The van der Waals surface area contributed by atoms with E-state index in [2.05, 4.69) is 15.4 Å². The number of rotatable bonds is 6. The Morgan fingerprint density at radius 3 is 2.74 bits per heavy atom. The zero-order valence-electron chi connectivity index (χ0n) is 19.8. The van der Waals surface area contributed by atoms with Crippen LogP contribution in [0.15, 0.2) is 41.7 Å². The standard InChI is InChI=1S/C22H22FN5O4S.Na.H/c1-32-19-11-13(7-9-24-19)17-12-18(23)15-3-2-4-16(15)21(17)25-22(29)27-33(30,31)20-8-10-28(26-20)14-5-6-14;;/h7-12,14H,2-6H2,1H3,(H2,25,27,29);;/q;+1;-1. The van der Waals surface area contributed by atoms with Crippen LogP contribution >= 0.6 is 0 Å². The number of nitrogens with zero attached hydrogens (tertiary/aromatic N) is 3. The Morgan fingerprint density at radius 1 is 1.24 bits per heavy atom. The van der Waals surface area contributed by atoms with Crippen LogP contribution in [0, 0.1) is 5.82 Å². The second-order valence-corrected chi connectivity index (χ2v) is 9.73. The van der Waals surface area contributed by atoms with E-state index < -0.39 is 16.1 Å². The number of carbonyl (C=O) groups is 1. The molecule has 1 saturated carbocycles. The zero-order chi connectivity index (χ0) is 23.2. The van der Waals surface area contributed by atoms with Gasteiger partial charge in [-0.05, 0) is 67.0 Å². The molecule has 12 heteroatoms. The molecule has 2 aromatic heterocycles. The van der Waals surface area contributed by atoms with Crippen molar-refractivity contribution in [1.29, 1.82) is 0 Å². The molecule has 0 saturated heterocycles. The molecule has 2 N–H and O–H groups in total. The van der Waals surface area contributed by atoms with Crippen molar-refractivity contribution in [2.24, 2.45) is 0 Å². The predicted octanol–water partition coefficient (Wildman–Crippen LogP) is 0.543. The van der Waals surface area contributed by atoms with Gasteiger partial charge in [0.05, 0.1) is 18.8 Å². The Kier molecular flexibility index (Phi) is 6.99. The Morgan fingerprint density at radius 2 is 2.00 bits per heavy atom. The first-order valence-corrected chi connectivity index (χ1v) is 12.1. The molecule has 174 valence electrons. The Hall–Kier alpha value is -2.47. The van der Waals surface area contributed by atoms with Gasteiger partial charge in [0.15, 0.2) is 5.03 Å². The Balaban J connectivity index is 0.00000171. The number of halogens is 1. The van der Waals surface area contributed by atoms with Crippen LogP contribution in [-0.2, 0) is 22.9 Å². The van der Waals surface area contributed by atoms with E-state index in [9.17, 15) is 17.6 Å². The molecule has 0 bridgehead atoms. The summed E-state index contributed by atoms with van der Waals surface area (Å²) in [5, 5.41) is 6.49. The quantitative estimate of drug-likeness (QED) is 0.483. The van der Waals surface area contributed by atoms with Crippen molar-refractivity contribution in [2.75, 3.05) is 12.4 Å². The molecule has 9 nitrogen and oxygen atoms in total. The molecule has 1 fully saturated rings. The second-order valence-electron chi connectivity index (χ2n) is 8.10. The van der Waals surface area contributed by atoms with Crippen LogP contribution in [0.2, 0.25) is 0 Å². The summed E-state index contributed by atoms with van der Waals surface area (Å²) < 4.78 is 49.0. The topological polar surface area (TPSA) is 115 Å². The van der Waals surface area contributed by atoms with Crippen molar-refractivity contribution in [3.8, 4) is 17.0 Å². The van der Waals surface area contributed by atoms with E-state index in [0.29, 0.717) is 46.7 Å². The van der Waals surface area contributed by atoms with Gasteiger partial charge in [0.2, 0.25) is 5.88 Å². The molecular formula is C22H23FN5NaO4S. The maximum absolute atomic E-state index is 14.8. The van der Waals surface area contributed by atoms with Crippen LogP contribution in [0.5, 0.6) is 5.88 Å². The van der Waals surface area contributed by atoms with Gasteiger partial charge in [-0.3, -0.25) is 4.68 Å². The van der Waals surface area contributed by atoms with E-state index in [-0.39, 0.29) is 47.9 Å². The van der Waals surface area contributed by atoms with E-state index in [1.807, 2.05) is 4.72 Å². The number of hydrogen-bond donors (Lipinski definition) is 2. The zero-order valence-corrected chi connectivity index (χ0v) is 21.7. The Labute approximate surface area is 219 Å². The maximum Gasteiger partial charge on any atom is 1.00 e. The second kappa shape index (κ2) is 9.65. The number of anilines is 1. The van der Waals surface area contributed by atoms with Gasteiger partial charge in [0, 0.05) is 24.0 Å². The first-order valence-electron chi connectivity index (χ1n) is 10.6. The van der Waals surface area contributed by atoms with Gasteiger partial charge in [-0.15, -0.1) is 0 Å². The summed E-state index contributed by atoms with van der Waals surface area (Å²) >= 11 is 0. The number of aromatic nitrogens is 3. The summed E-state index contributed by atoms with van der Waals surface area (Å²) in [5.74, 6) is -0.0323. The van der Waals surface area contributed by atoms with Crippen molar-refractivity contribution < 1.29 is 53.3 Å². The number of pyridine rings is 1. The summed E-state index contributed by atoms with van der Waals surface area (Å²) in [5.41, 5.74) is 2.55. The Bertz CT molecular complexity index is 1360. The minimum atomic E-state index is -4.17. The van der Waals surface area contributed by atoms with Crippen molar-refractivity contribution in [1.82, 2.24) is 19.5 Å². The predicted molar refractivity (Wildman–Crippen MR) is 119 cm³/mol. The third kappa shape index (κ3) is 4.83. The fourth-order valence-electron chi connectivity index (χ4n) is 4.11. The summed E-state index contributed by atoms with van der Waals surface area (Å²) in [4.78, 5) is 16.8. The van der Waals surface area contributed by atoms with Crippen molar-refractivity contribution >= 4 is 21.7 Å². The number of fused-ring (bicyclic) bond motifs is 1. The smallest absolute Gasteiger partial charge is 1.00 e. The van der Waals surface area contributed by atoms with Gasteiger partial charge in [-0.2, -0.15) is 13.5 Å². The maximum atomic E-state index is 14.8. The summed E-state index contributed by atoms with van der Waals surface area (Å²) in [7, 11) is -2.70. The number of amides is 2. The normalized spacial score (nSPS) is 14.8. The molecule has 1 aromatic carbocycles. The van der Waals surface area contributed by atoms with Gasteiger partial charge in [-0.1, -0.05) is 0 Å². The molecule has 2 aliphatic carbocycles. The van der Waals surface area contributed by atoms with Crippen LogP contribution in [-0.4, -0.2) is 36.3 Å². The number of sulfonamides is 1. The molecule has 0 spiro atoms.